The van der Waals surface area contributed by atoms with E-state index in [1.165, 1.54) is 25.7 Å². The van der Waals surface area contributed by atoms with Crippen molar-refractivity contribution in [2.24, 2.45) is 5.92 Å². The van der Waals surface area contributed by atoms with Crippen LogP contribution in [0.2, 0.25) is 0 Å². The summed E-state index contributed by atoms with van der Waals surface area (Å²) in [5.41, 5.74) is 0. The van der Waals surface area contributed by atoms with E-state index in [2.05, 4.69) is 25.8 Å². The number of nitrogens with zero attached hydrogens (tertiary/aromatic N) is 1. The van der Waals surface area contributed by atoms with Crippen LogP contribution in [-0.2, 0) is 0 Å². The van der Waals surface area contributed by atoms with Crippen molar-refractivity contribution in [1.82, 2.24) is 4.90 Å². The van der Waals surface area contributed by atoms with Crippen LogP contribution in [0.15, 0.2) is 0 Å². The van der Waals surface area contributed by atoms with E-state index in [1.807, 2.05) is 0 Å². The van der Waals surface area contributed by atoms with Crippen molar-refractivity contribution in [3.63, 3.8) is 0 Å². The highest BCUT2D eigenvalue weighted by Crippen LogP contribution is 2.26. The Labute approximate surface area is 88.3 Å². The second-order valence-electron chi connectivity index (χ2n) is 4.84. The summed E-state index contributed by atoms with van der Waals surface area (Å²) in [6.07, 6.45) is 5.91. The van der Waals surface area contributed by atoms with Gasteiger partial charge in [0.25, 0.3) is 0 Å². The Balaban J connectivity index is 2.28. The molecule has 0 amide bonds. The van der Waals surface area contributed by atoms with Crippen LogP contribution in [0.4, 0.5) is 0 Å². The van der Waals surface area contributed by atoms with E-state index in [9.17, 15) is 5.11 Å². The first kappa shape index (κ1) is 12.0. The molecule has 14 heavy (non-hydrogen) atoms. The van der Waals surface area contributed by atoms with Gasteiger partial charge in [-0.1, -0.05) is 19.8 Å². The molecule has 0 spiro atoms. The predicted octanol–water partition coefficient (Wildman–Crippen LogP) is 2.27. The van der Waals surface area contributed by atoms with Crippen molar-refractivity contribution in [1.29, 1.82) is 0 Å². The van der Waals surface area contributed by atoms with E-state index in [0.29, 0.717) is 12.0 Å². The predicted molar refractivity (Wildman–Crippen MR) is 60.3 cm³/mol. The number of aliphatic hydroxyl groups excluding tert-OH is 1. The third-order valence-corrected chi connectivity index (χ3v) is 3.60. The van der Waals surface area contributed by atoms with E-state index in [4.69, 9.17) is 0 Å². The molecule has 1 aliphatic carbocycles. The highest BCUT2D eigenvalue weighted by molar-refractivity contribution is 4.79. The van der Waals surface area contributed by atoms with Gasteiger partial charge in [-0.2, -0.15) is 0 Å². The summed E-state index contributed by atoms with van der Waals surface area (Å²) in [7, 11) is 2.19. The van der Waals surface area contributed by atoms with Crippen molar-refractivity contribution in [3.05, 3.63) is 0 Å². The third-order valence-electron chi connectivity index (χ3n) is 3.60. The van der Waals surface area contributed by atoms with Crippen molar-refractivity contribution in [2.45, 2.75) is 58.1 Å². The Bertz CT molecular complexity index is 160. The van der Waals surface area contributed by atoms with Crippen molar-refractivity contribution >= 4 is 0 Å². The van der Waals surface area contributed by atoms with Gasteiger partial charge < -0.3 is 10.0 Å². The van der Waals surface area contributed by atoms with E-state index in [1.54, 1.807) is 0 Å². The molecule has 0 aliphatic heterocycles. The van der Waals surface area contributed by atoms with Gasteiger partial charge in [0.1, 0.15) is 0 Å². The van der Waals surface area contributed by atoms with E-state index >= 15 is 0 Å². The molecular weight excluding hydrogens is 174 g/mol. The van der Waals surface area contributed by atoms with Gasteiger partial charge in [-0.05, 0) is 39.2 Å². The lowest BCUT2D eigenvalue weighted by Gasteiger charge is -2.28. The fourth-order valence-electron chi connectivity index (χ4n) is 2.42. The number of hydrogen-bond acceptors (Lipinski definition) is 2. The van der Waals surface area contributed by atoms with Crippen LogP contribution in [0.3, 0.4) is 0 Å². The average Bonchev–Trinajstić information content (AvgIpc) is 2.52. The highest BCUT2D eigenvalue weighted by Gasteiger charge is 2.26. The van der Waals surface area contributed by atoms with Crippen molar-refractivity contribution < 1.29 is 5.11 Å². The molecule has 0 aromatic carbocycles. The van der Waals surface area contributed by atoms with Gasteiger partial charge in [0, 0.05) is 12.6 Å². The lowest BCUT2D eigenvalue weighted by molar-refractivity contribution is 0.0976. The van der Waals surface area contributed by atoms with Crippen LogP contribution in [0.25, 0.3) is 0 Å². The Hall–Kier alpha value is -0.0800. The van der Waals surface area contributed by atoms with E-state index in [-0.39, 0.29) is 6.10 Å². The lowest BCUT2D eigenvalue weighted by Crippen LogP contribution is -2.35. The quantitative estimate of drug-likeness (QED) is 0.734. The maximum Gasteiger partial charge on any atom is 0.0580 e. The zero-order chi connectivity index (χ0) is 10.6. The first-order chi connectivity index (χ1) is 6.65. The van der Waals surface area contributed by atoms with Gasteiger partial charge in [-0.25, -0.2) is 0 Å². The molecule has 0 radical (unpaired) electrons. The molecule has 84 valence electrons. The molecule has 0 heterocycles. The summed E-state index contributed by atoms with van der Waals surface area (Å²) in [6.45, 7) is 5.59. The molecule has 1 aliphatic rings. The van der Waals surface area contributed by atoms with Crippen molar-refractivity contribution in [3.8, 4) is 0 Å². The molecule has 1 fully saturated rings. The molecule has 2 heteroatoms. The number of hydrogen-bond donors (Lipinski definition) is 1. The molecule has 0 aromatic rings. The third kappa shape index (κ3) is 3.25. The molecule has 1 saturated carbocycles. The smallest absolute Gasteiger partial charge is 0.0580 e. The minimum Gasteiger partial charge on any atom is -0.393 e. The van der Waals surface area contributed by atoms with E-state index in [0.717, 1.165) is 13.0 Å². The van der Waals surface area contributed by atoms with Crippen LogP contribution < -0.4 is 0 Å². The van der Waals surface area contributed by atoms with Crippen LogP contribution in [-0.4, -0.2) is 35.7 Å². The molecule has 2 nitrogen and oxygen atoms in total. The lowest BCUT2D eigenvalue weighted by atomic mass is 10.0. The summed E-state index contributed by atoms with van der Waals surface area (Å²) >= 11 is 0. The van der Waals surface area contributed by atoms with Gasteiger partial charge in [0.2, 0.25) is 0 Å². The minimum absolute atomic E-state index is 0.0359. The van der Waals surface area contributed by atoms with Gasteiger partial charge in [-0.3, -0.25) is 0 Å². The summed E-state index contributed by atoms with van der Waals surface area (Å²) < 4.78 is 0. The van der Waals surface area contributed by atoms with Crippen LogP contribution in [0.1, 0.15) is 46.0 Å². The zero-order valence-electron chi connectivity index (χ0n) is 9.87. The first-order valence-corrected chi connectivity index (χ1v) is 6.03. The second kappa shape index (κ2) is 5.72. The molecule has 3 atom stereocenters. The first-order valence-electron chi connectivity index (χ1n) is 6.03. The molecule has 1 N–H and O–H groups in total. The van der Waals surface area contributed by atoms with Gasteiger partial charge in [-0.15, -0.1) is 0 Å². The normalized spacial score (nSPS) is 29.8. The molecule has 0 bridgehead atoms. The Morgan fingerprint density at radius 1 is 1.43 bits per heavy atom. The monoisotopic (exact) mass is 199 g/mol. The summed E-state index contributed by atoms with van der Waals surface area (Å²) in [5, 5.41) is 9.72. The van der Waals surface area contributed by atoms with Crippen LogP contribution in [0.5, 0.6) is 0 Å². The molecule has 0 aromatic heterocycles. The Morgan fingerprint density at radius 2 is 2.14 bits per heavy atom. The maximum atomic E-state index is 9.72. The SMILES string of the molecule is CCCC(C)N(C)CC1CCCC1O. The summed E-state index contributed by atoms with van der Waals surface area (Å²) in [6, 6.07) is 0.660. The second-order valence-corrected chi connectivity index (χ2v) is 4.84. The maximum absolute atomic E-state index is 9.72. The Kier molecular flexibility index (Phi) is 4.90. The summed E-state index contributed by atoms with van der Waals surface area (Å²) in [5.74, 6) is 0.527. The number of rotatable bonds is 5. The molecule has 1 rings (SSSR count). The van der Waals surface area contributed by atoms with Gasteiger partial charge in [0.05, 0.1) is 6.10 Å². The molecule has 3 unspecified atom stereocenters. The topological polar surface area (TPSA) is 23.5 Å². The molecular formula is C12H25NO. The summed E-state index contributed by atoms with van der Waals surface area (Å²) in [4.78, 5) is 2.41. The largest absolute Gasteiger partial charge is 0.393 e. The minimum atomic E-state index is -0.0359. The van der Waals surface area contributed by atoms with Crippen LogP contribution in [0, 0.1) is 5.92 Å². The fourth-order valence-corrected chi connectivity index (χ4v) is 2.42. The van der Waals surface area contributed by atoms with Gasteiger partial charge in [0.15, 0.2) is 0 Å². The van der Waals surface area contributed by atoms with Crippen LogP contribution >= 0.6 is 0 Å². The molecule has 0 saturated heterocycles. The average molecular weight is 199 g/mol. The Morgan fingerprint density at radius 3 is 2.64 bits per heavy atom. The highest BCUT2D eigenvalue weighted by atomic mass is 16.3. The van der Waals surface area contributed by atoms with Gasteiger partial charge >= 0.3 is 0 Å². The fraction of sp³-hybridized carbons (Fsp3) is 1.00. The standard InChI is InChI=1S/C12H25NO/c1-4-6-10(2)13(3)9-11-7-5-8-12(11)14/h10-12,14H,4-9H2,1-3H3. The zero-order valence-corrected chi connectivity index (χ0v) is 9.87. The van der Waals surface area contributed by atoms with E-state index < -0.39 is 0 Å². The number of aliphatic hydroxyl groups is 1. The van der Waals surface area contributed by atoms with Crippen molar-refractivity contribution in [2.75, 3.05) is 13.6 Å².